The number of ether oxygens (including phenoxy) is 4. The molecule has 11 nitrogen and oxygen atoms in total. The van der Waals surface area contributed by atoms with Crippen LogP contribution in [0.1, 0.15) is 25.3 Å². The molecule has 0 saturated carbocycles. The molecular weight excluding hydrogens is 416 g/mol. The highest BCUT2D eigenvalue weighted by atomic mass is 16.7. The minimum atomic E-state index is -1.59. The van der Waals surface area contributed by atoms with Crippen LogP contribution in [0, 0.1) is 0 Å². The van der Waals surface area contributed by atoms with Gasteiger partial charge < -0.3 is 44.5 Å². The fourth-order valence-electron chi connectivity index (χ4n) is 2.93. The highest BCUT2D eigenvalue weighted by Crippen LogP contribution is 2.24. The minimum Gasteiger partial charge on any atom is -0.469 e. The van der Waals surface area contributed by atoms with Crippen LogP contribution in [0.4, 0.5) is 0 Å². The lowest BCUT2D eigenvalue weighted by molar-refractivity contribution is -0.277. The molecule has 0 amide bonds. The first-order valence-corrected chi connectivity index (χ1v) is 9.57. The molecule has 1 heterocycles. The number of benzene rings is 1. The van der Waals surface area contributed by atoms with Crippen molar-refractivity contribution in [2.24, 2.45) is 0 Å². The van der Waals surface area contributed by atoms with Crippen molar-refractivity contribution in [1.82, 2.24) is 0 Å². The summed E-state index contributed by atoms with van der Waals surface area (Å²) in [5.41, 5.74) is -0.991. The Labute approximate surface area is 178 Å². The molecule has 2 rings (SSSR count). The van der Waals surface area contributed by atoms with Gasteiger partial charge in [-0.25, -0.2) is 0 Å². The molecule has 0 spiro atoms. The van der Waals surface area contributed by atoms with Crippen LogP contribution in [0.5, 0.6) is 5.75 Å². The molecule has 0 aromatic heterocycles. The molecule has 0 radical (unpaired) electrons. The normalized spacial score (nSPS) is 27.8. The highest BCUT2D eigenvalue weighted by molar-refractivity contribution is 5.74. The van der Waals surface area contributed by atoms with E-state index in [1.54, 1.807) is 12.1 Å². The maximum atomic E-state index is 11.9. The molecule has 1 aliphatic rings. The van der Waals surface area contributed by atoms with E-state index in [1.165, 1.54) is 26.2 Å². The second-order valence-corrected chi connectivity index (χ2v) is 7.55. The zero-order chi connectivity index (χ0) is 23.2. The summed E-state index contributed by atoms with van der Waals surface area (Å²) < 4.78 is 20.3. The Balaban J connectivity index is 1.86. The van der Waals surface area contributed by atoms with E-state index in [-0.39, 0.29) is 25.2 Å². The SMILES string of the molecule is COC(=O)CC(C)(O)CC(=O)OCc1ccc(OC2OC(CO)C(O)C(O)C2O)cc1. The Morgan fingerprint density at radius 1 is 1.03 bits per heavy atom. The van der Waals surface area contributed by atoms with Crippen LogP contribution in [0.2, 0.25) is 0 Å². The lowest BCUT2D eigenvalue weighted by atomic mass is 9.98. The van der Waals surface area contributed by atoms with Gasteiger partial charge in [0.25, 0.3) is 0 Å². The van der Waals surface area contributed by atoms with E-state index in [9.17, 15) is 35.1 Å². The van der Waals surface area contributed by atoms with Crippen LogP contribution in [-0.4, -0.2) is 87.5 Å². The van der Waals surface area contributed by atoms with E-state index >= 15 is 0 Å². The van der Waals surface area contributed by atoms with Crippen LogP contribution in [0.25, 0.3) is 0 Å². The first kappa shape index (κ1) is 25.0. The molecule has 6 atom stereocenters. The number of esters is 2. The first-order chi connectivity index (χ1) is 14.6. The van der Waals surface area contributed by atoms with Crippen molar-refractivity contribution in [3.05, 3.63) is 29.8 Å². The minimum absolute atomic E-state index is 0.0898. The largest absolute Gasteiger partial charge is 0.469 e. The lowest BCUT2D eigenvalue weighted by Gasteiger charge is -2.39. The highest BCUT2D eigenvalue weighted by Gasteiger charge is 2.44. The molecule has 1 aliphatic heterocycles. The zero-order valence-corrected chi connectivity index (χ0v) is 17.2. The van der Waals surface area contributed by atoms with Crippen LogP contribution in [0.15, 0.2) is 24.3 Å². The lowest BCUT2D eigenvalue weighted by Crippen LogP contribution is -2.60. The number of carbonyl (C=O) groups is 2. The molecule has 5 N–H and O–H groups in total. The fourth-order valence-corrected chi connectivity index (χ4v) is 2.93. The average molecular weight is 444 g/mol. The number of methoxy groups -OCH3 is 1. The summed E-state index contributed by atoms with van der Waals surface area (Å²) in [4.78, 5) is 23.2. The Bertz CT molecular complexity index is 731. The van der Waals surface area contributed by atoms with Gasteiger partial charge >= 0.3 is 11.9 Å². The van der Waals surface area contributed by atoms with Gasteiger partial charge in [-0.05, 0) is 24.6 Å². The third kappa shape index (κ3) is 7.13. The van der Waals surface area contributed by atoms with Gasteiger partial charge in [-0.15, -0.1) is 0 Å². The van der Waals surface area contributed by atoms with E-state index < -0.39 is 54.9 Å². The molecule has 31 heavy (non-hydrogen) atoms. The monoisotopic (exact) mass is 444 g/mol. The van der Waals surface area contributed by atoms with Crippen molar-refractivity contribution in [1.29, 1.82) is 0 Å². The second-order valence-electron chi connectivity index (χ2n) is 7.55. The quantitative estimate of drug-likeness (QED) is 0.284. The maximum absolute atomic E-state index is 11.9. The molecule has 1 aromatic carbocycles. The summed E-state index contributed by atoms with van der Waals surface area (Å²) >= 11 is 0. The molecule has 0 aliphatic carbocycles. The predicted molar refractivity (Wildman–Crippen MR) is 103 cm³/mol. The Morgan fingerprint density at radius 3 is 2.23 bits per heavy atom. The molecule has 174 valence electrons. The molecule has 11 heteroatoms. The number of hydrogen-bond donors (Lipinski definition) is 5. The number of rotatable bonds is 9. The Kier molecular flexibility index (Phi) is 8.74. The van der Waals surface area contributed by atoms with Gasteiger partial charge in [0.05, 0.1) is 32.2 Å². The van der Waals surface area contributed by atoms with Crippen molar-refractivity contribution in [2.45, 2.75) is 62.7 Å². The average Bonchev–Trinajstić information content (AvgIpc) is 2.72. The van der Waals surface area contributed by atoms with E-state index in [2.05, 4.69) is 4.74 Å². The molecular formula is C20H28O11. The summed E-state index contributed by atoms with van der Waals surface area (Å²) in [6.45, 7) is 0.672. The van der Waals surface area contributed by atoms with Crippen molar-refractivity contribution < 1.29 is 54.1 Å². The van der Waals surface area contributed by atoms with Crippen LogP contribution < -0.4 is 4.74 Å². The molecule has 1 fully saturated rings. The number of carbonyl (C=O) groups excluding carboxylic acids is 2. The predicted octanol–water partition coefficient (Wildman–Crippen LogP) is -1.39. The smallest absolute Gasteiger partial charge is 0.309 e. The number of aliphatic hydroxyl groups excluding tert-OH is 4. The third-order valence-electron chi connectivity index (χ3n) is 4.70. The third-order valence-corrected chi connectivity index (χ3v) is 4.70. The number of aliphatic hydroxyl groups is 5. The van der Waals surface area contributed by atoms with Crippen molar-refractivity contribution in [3.8, 4) is 5.75 Å². The Hall–Kier alpha value is -2.28. The van der Waals surface area contributed by atoms with Gasteiger partial charge in [-0.2, -0.15) is 0 Å². The summed E-state index contributed by atoms with van der Waals surface area (Å²) in [6.07, 6.45) is -7.69. The van der Waals surface area contributed by atoms with Gasteiger partial charge in [0.1, 0.15) is 36.8 Å². The summed E-state index contributed by atoms with van der Waals surface area (Å²) in [7, 11) is 1.18. The van der Waals surface area contributed by atoms with Crippen molar-refractivity contribution in [3.63, 3.8) is 0 Å². The van der Waals surface area contributed by atoms with E-state index in [0.29, 0.717) is 5.56 Å². The Morgan fingerprint density at radius 2 is 1.65 bits per heavy atom. The summed E-state index contributed by atoms with van der Waals surface area (Å²) in [5.74, 6) is -1.08. The van der Waals surface area contributed by atoms with E-state index in [4.69, 9.17) is 14.2 Å². The maximum Gasteiger partial charge on any atom is 0.309 e. The molecule has 6 unspecified atom stereocenters. The van der Waals surface area contributed by atoms with Crippen LogP contribution in [-0.2, 0) is 30.4 Å². The second kappa shape index (κ2) is 10.8. The van der Waals surface area contributed by atoms with Crippen LogP contribution >= 0.6 is 0 Å². The van der Waals surface area contributed by atoms with Gasteiger partial charge in [-0.1, -0.05) is 12.1 Å². The summed E-state index contributed by atoms with van der Waals surface area (Å²) in [5, 5.41) is 48.8. The van der Waals surface area contributed by atoms with Crippen molar-refractivity contribution >= 4 is 11.9 Å². The molecule has 0 bridgehead atoms. The van der Waals surface area contributed by atoms with Crippen LogP contribution in [0.3, 0.4) is 0 Å². The topological polar surface area (TPSA) is 172 Å². The van der Waals surface area contributed by atoms with E-state index in [0.717, 1.165) is 0 Å². The van der Waals surface area contributed by atoms with Gasteiger partial charge in [0.2, 0.25) is 6.29 Å². The fraction of sp³-hybridized carbons (Fsp3) is 0.600. The standard InChI is InChI=1S/C20H28O11/c1-20(27,7-14(22)28-2)8-15(23)29-10-11-3-5-12(6-4-11)30-19-18(26)17(25)16(24)13(9-21)31-19/h3-6,13,16-19,21,24-27H,7-10H2,1-2H3. The number of hydrogen-bond acceptors (Lipinski definition) is 11. The van der Waals surface area contributed by atoms with E-state index in [1.807, 2.05) is 0 Å². The zero-order valence-electron chi connectivity index (χ0n) is 17.2. The van der Waals surface area contributed by atoms with Gasteiger partial charge in [0, 0.05) is 0 Å². The summed E-state index contributed by atoms with van der Waals surface area (Å²) in [6, 6.07) is 6.19. The van der Waals surface area contributed by atoms with Gasteiger partial charge in [-0.3, -0.25) is 9.59 Å². The molecule has 1 saturated heterocycles. The van der Waals surface area contributed by atoms with Gasteiger partial charge in [0.15, 0.2) is 0 Å². The van der Waals surface area contributed by atoms with Crippen molar-refractivity contribution in [2.75, 3.05) is 13.7 Å². The molecule has 1 aromatic rings. The first-order valence-electron chi connectivity index (χ1n) is 9.57.